The van der Waals surface area contributed by atoms with Gasteiger partial charge in [-0.15, -0.1) is 0 Å². The van der Waals surface area contributed by atoms with Crippen LogP contribution >= 0.6 is 0 Å². The summed E-state index contributed by atoms with van der Waals surface area (Å²) in [4.78, 5) is 14.1. The Kier molecular flexibility index (Phi) is 3.67. The molecule has 1 aromatic carbocycles. The Morgan fingerprint density at radius 2 is 1.90 bits per heavy atom. The standard InChI is InChI=1S/C17H20N2O/c1-12(2)16(20)19-10-9-14-7-5-6-8-15(14)17(19,11-18)13(3)4/h5-10,12-13H,1-4H3. The first-order valence-electron chi connectivity index (χ1n) is 6.97. The van der Waals surface area contributed by atoms with E-state index >= 15 is 0 Å². The van der Waals surface area contributed by atoms with Gasteiger partial charge in [0.05, 0.1) is 6.07 Å². The molecule has 1 unspecified atom stereocenters. The number of hydrogen-bond donors (Lipinski definition) is 0. The van der Waals surface area contributed by atoms with E-state index in [9.17, 15) is 10.1 Å². The molecule has 1 aliphatic heterocycles. The van der Waals surface area contributed by atoms with Crippen molar-refractivity contribution in [1.29, 1.82) is 5.26 Å². The predicted octanol–water partition coefficient (Wildman–Crippen LogP) is 3.53. The topological polar surface area (TPSA) is 44.1 Å². The predicted molar refractivity (Wildman–Crippen MR) is 79.3 cm³/mol. The van der Waals surface area contributed by atoms with Crippen molar-refractivity contribution in [1.82, 2.24) is 4.90 Å². The second-order valence-electron chi connectivity index (χ2n) is 5.80. The lowest BCUT2D eigenvalue weighted by Gasteiger charge is -2.43. The van der Waals surface area contributed by atoms with Gasteiger partial charge in [0.2, 0.25) is 5.91 Å². The molecule has 0 aliphatic carbocycles. The molecular weight excluding hydrogens is 248 g/mol. The van der Waals surface area contributed by atoms with Crippen LogP contribution in [0.2, 0.25) is 0 Å². The fourth-order valence-corrected chi connectivity index (χ4v) is 2.75. The fraction of sp³-hybridized carbons (Fsp3) is 0.412. The van der Waals surface area contributed by atoms with Crippen molar-refractivity contribution in [2.24, 2.45) is 11.8 Å². The number of benzene rings is 1. The molecular formula is C17H20N2O. The molecule has 1 atom stereocenters. The summed E-state index contributed by atoms with van der Waals surface area (Å²) in [7, 11) is 0. The number of fused-ring (bicyclic) bond motifs is 1. The van der Waals surface area contributed by atoms with Crippen molar-refractivity contribution in [3.63, 3.8) is 0 Å². The molecule has 2 rings (SSSR count). The minimum atomic E-state index is -0.924. The smallest absolute Gasteiger partial charge is 0.230 e. The van der Waals surface area contributed by atoms with Gasteiger partial charge in [0, 0.05) is 12.1 Å². The van der Waals surface area contributed by atoms with Crippen LogP contribution in [0.25, 0.3) is 6.08 Å². The number of nitriles is 1. The highest BCUT2D eigenvalue weighted by molar-refractivity contribution is 5.83. The zero-order valence-electron chi connectivity index (χ0n) is 12.4. The number of carbonyl (C=O) groups excluding carboxylic acids is 1. The summed E-state index contributed by atoms with van der Waals surface area (Å²) in [5.41, 5.74) is 0.997. The largest absolute Gasteiger partial charge is 0.295 e. The van der Waals surface area contributed by atoms with Crippen LogP contribution in [-0.2, 0) is 10.3 Å². The Hall–Kier alpha value is -2.08. The summed E-state index contributed by atoms with van der Waals surface area (Å²) in [6.07, 6.45) is 3.67. The molecule has 104 valence electrons. The van der Waals surface area contributed by atoms with Gasteiger partial charge in [0.1, 0.15) is 0 Å². The number of amides is 1. The van der Waals surface area contributed by atoms with Crippen LogP contribution in [-0.4, -0.2) is 10.8 Å². The summed E-state index contributed by atoms with van der Waals surface area (Å²) in [5.74, 6) is -0.163. The first-order valence-corrected chi connectivity index (χ1v) is 6.97. The second-order valence-corrected chi connectivity index (χ2v) is 5.80. The summed E-state index contributed by atoms with van der Waals surface area (Å²) < 4.78 is 0. The van der Waals surface area contributed by atoms with Gasteiger partial charge in [-0.3, -0.25) is 9.69 Å². The molecule has 3 heteroatoms. The third kappa shape index (κ3) is 1.92. The number of nitrogens with zero attached hydrogens (tertiary/aromatic N) is 2. The maximum absolute atomic E-state index is 12.5. The zero-order chi connectivity index (χ0) is 14.9. The number of rotatable bonds is 2. The Morgan fingerprint density at radius 3 is 2.45 bits per heavy atom. The van der Waals surface area contributed by atoms with Crippen LogP contribution in [0.1, 0.15) is 38.8 Å². The summed E-state index contributed by atoms with van der Waals surface area (Å²) in [6.45, 7) is 7.69. The van der Waals surface area contributed by atoms with Crippen LogP contribution in [0, 0.1) is 23.2 Å². The van der Waals surface area contributed by atoms with E-state index in [4.69, 9.17) is 0 Å². The molecule has 0 aromatic heterocycles. The van der Waals surface area contributed by atoms with Gasteiger partial charge in [-0.2, -0.15) is 5.26 Å². The quantitative estimate of drug-likeness (QED) is 0.823. The number of carbonyl (C=O) groups is 1. The molecule has 0 spiro atoms. The van der Waals surface area contributed by atoms with Gasteiger partial charge >= 0.3 is 0 Å². The molecule has 0 N–H and O–H groups in total. The van der Waals surface area contributed by atoms with E-state index in [2.05, 4.69) is 6.07 Å². The highest BCUT2D eigenvalue weighted by Crippen LogP contribution is 2.41. The number of hydrogen-bond acceptors (Lipinski definition) is 2. The van der Waals surface area contributed by atoms with Crippen molar-refractivity contribution in [2.75, 3.05) is 0 Å². The molecule has 3 nitrogen and oxygen atoms in total. The van der Waals surface area contributed by atoms with Crippen LogP contribution in [0.15, 0.2) is 30.5 Å². The summed E-state index contributed by atoms with van der Waals surface area (Å²) in [5, 5.41) is 9.88. The van der Waals surface area contributed by atoms with Gasteiger partial charge in [-0.25, -0.2) is 0 Å². The molecule has 0 saturated carbocycles. The minimum Gasteiger partial charge on any atom is -0.295 e. The van der Waals surface area contributed by atoms with Gasteiger partial charge in [0.15, 0.2) is 5.54 Å². The lowest BCUT2D eigenvalue weighted by atomic mass is 9.75. The van der Waals surface area contributed by atoms with Crippen molar-refractivity contribution in [3.05, 3.63) is 41.6 Å². The lowest BCUT2D eigenvalue weighted by Crippen LogP contribution is -2.52. The first kappa shape index (κ1) is 14.3. The monoisotopic (exact) mass is 268 g/mol. The minimum absolute atomic E-state index is 0.00120. The van der Waals surface area contributed by atoms with Gasteiger partial charge < -0.3 is 0 Å². The van der Waals surface area contributed by atoms with E-state index in [1.54, 1.807) is 11.1 Å². The average molecular weight is 268 g/mol. The van der Waals surface area contributed by atoms with E-state index in [1.807, 2.05) is 58.0 Å². The van der Waals surface area contributed by atoms with E-state index in [0.717, 1.165) is 11.1 Å². The first-order chi connectivity index (χ1) is 9.45. The third-order valence-corrected chi connectivity index (χ3v) is 3.89. The normalized spacial score (nSPS) is 20.9. The van der Waals surface area contributed by atoms with E-state index in [1.165, 1.54) is 0 Å². The van der Waals surface area contributed by atoms with Crippen molar-refractivity contribution in [3.8, 4) is 6.07 Å². The Labute approximate surface area is 120 Å². The van der Waals surface area contributed by atoms with Crippen molar-refractivity contribution in [2.45, 2.75) is 33.2 Å². The van der Waals surface area contributed by atoms with Crippen LogP contribution in [0.4, 0.5) is 0 Å². The second kappa shape index (κ2) is 5.13. The highest BCUT2D eigenvalue weighted by atomic mass is 16.2. The van der Waals surface area contributed by atoms with Crippen LogP contribution in [0.5, 0.6) is 0 Å². The average Bonchev–Trinajstić information content (AvgIpc) is 2.44. The molecule has 1 amide bonds. The molecule has 0 saturated heterocycles. The van der Waals surface area contributed by atoms with E-state index in [-0.39, 0.29) is 17.7 Å². The third-order valence-electron chi connectivity index (χ3n) is 3.89. The molecule has 0 fully saturated rings. The van der Waals surface area contributed by atoms with Crippen LogP contribution < -0.4 is 0 Å². The van der Waals surface area contributed by atoms with E-state index in [0.29, 0.717) is 0 Å². The molecule has 1 aliphatic rings. The SMILES string of the molecule is CC(C)C(=O)N1C=Cc2ccccc2C1(C#N)C(C)C. The van der Waals surface area contributed by atoms with E-state index < -0.39 is 5.54 Å². The zero-order valence-corrected chi connectivity index (χ0v) is 12.4. The van der Waals surface area contributed by atoms with Crippen molar-refractivity contribution >= 4 is 12.0 Å². The fourth-order valence-electron chi connectivity index (χ4n) is 2.75. The maximum atomic E-state index is 12.5. The van der Waals surface area contributed by atoms with Crippen LogP contribution in [0.3, 0.4) is 0 Å². The maximum Gasteiger partial charge on any atom is 0.230 e. The molecule has 0 radical (unpaired) electrons. The molecule has 1 heterocycles. The Bertz CT molecular complexity index is 595. The highest BCUT2D eigenvalue weighted by Gasteiger charge is 2.46. The van der Waals surface area contributed by atoms with Crippen molar-refractivity contribution < 1.29 is 4.79 Å². The summed E-state index contributed by atoms with van der Waals surface area (Å²) >= 11 is 0. The van der Waals surface area contributed by atoms with Gasteiger partial charge in [-0.1, -0.05) is 52.0 Å². The van der Waals surface area contributed by atoms with Gasteiger partial charge in [0.25, 0.3) is 0 Å². The lowest BCUT2D eigenvalue weighted by molar-refractivity contribution is -0.137. The Morgan fingerprint density at radius 1 is 1.25 bits per heavy atom. The molecule has 1 aromatic rings. The Balaban J connectivity index is 2.68. The summed E-state index contributed by atoms with van der Waals surface area (Å²) in [6, 6.07) is 10.2. The van der Waals surface area contributed by atoms with Gasteiger partial charge in [-0.05, 0) is 23.1 Å². The molecule has 20 heavy (non-hydrogen) atoms. The molecule has 0 bridgehead atoms.